The summed E-state index contributed by atoms with van der Waals surface area (Å²) < 4.78 is 5.70. The van der Waals surface area contributed by atoms with E-state index in [1.54, 1.807) is 12.1 Å². The number of hydrogen-bond donors (Lipinski definition) is 2. The summed E-state index contributed by atoms with van der Waals surface area (Å²) in [6.07, 6.45) is 0. The monoisotopic (exact) mass is 300 g/mol. The Morgan fingerprint density at radius 3 is 2.52 bits per heavy atom. The van der Waals surface area contributed by atoms with Crippen LogP contribution in [0.4, 0.5) is 0 Å². The van der Waals surface area contributed by atoms with Gasteiger partial charge in [0.05, 0.1) is 6.61 Å². The van der Waals surface area contributed by atoms with Crippen LogP contribution in [0.2, 0.25) is 0 Å². The maximum absolute atomic E-state index is 7.34. The number of hydrogen-bond acceptors (Lipinski definition) is 3. The van der Waals surface area contributed by atoms with E-state index in [-0.39, 0.29) is 5.84 Å². The topological polar surface area (TPSA) is 59.1 Å². The van der Waals surface area contributed by atoms with E-state index in [2.05, 4.69) is 32.0 Å². The van der Waals surface area contributed by atoms with Crippen molar-refractivity contribution in [3.8, 4) is 5.75 Å². The third-order valence-electron chi connectivity index (χ3n) is 3.12. The highest BCUT2D eigenvalue weighted by Crippen LogP contribution is 2.23. The first-order valence-electron chi connectivity index (χ1n) is 6.83. The van der Waals surface area contributed by atoms with Gasteiger partial charge in [0.1, 0.15) is 11.6 Å². The maximum atomic E-state index is 7.34. The molecule has 2 aromatic carbocycles. The van der Waals surface area contributed by atoms with Crippen molar-refractivity contribution < 1.29 is 4.74 Å². The third kappa shape index (κ3) is 4.53. The van der Waals surface area contributed by atoms with Crippen molar-refractivity contribution in [3.05, 3.63) is 59.2 Å². The highest BCUT2D eigenvalue weighted by molar-refractivity contribution is 7.99. The lowest BCUT2D eigenvalue weighted by Gasteiger charge is -2.09. The van der Waals surface area contributed by atoms with Gasteiger partial charge in [-0.1, -0.05) is 17.7 Å². The van der Waals surface area contributed by atoms with Crippen LogP contribution in [-0.4, -0.2) is 18.2 Å². The Balaban J connectivity index is 1.81. The van der Waals surface area contributed by atoms with Gasteiger partial charge in [0.25, 0.3) is 0 Å². The molecule has 2 aromatic rings. The van der Waals surface area contributed by atoms with Crippen LogP contribution < -0.4 is 10.5 Å². The second-order valence-corrected chi connectivity index (χ2v) is 6.04. The molecule has 0 aliphatic heterocycles. The van der Waals surface area contributed by atoms with Gasteiger partial charge < -0.3 is 10.5 Å². The van der Waals surface area contributed by atoms with E-state index in [1.165, 1.54) is 16.0 Å². The van der Waals surface area contributed by atoms with Crippen molar-refractivity contribution >= 4 is 17.6 Å². The van der Waals surface area contributed by atoms with E-state index in [4.69, 9.17) is 15.9 Å². The number of rotatable bonds is 6. The Morgan fingerprint density at radius 2 is 1.86 bits per heavy atom. The summed E-state index contributed by atoms with van der Waals surface area (Å²) in [5, 5.41) is 7.34. The Bertz CT molecular complexity index is 623. The van der Waals surface area contributed by atoms with Crippen molar-refractivity contribution in [2.45, 2.75) is 18.7 Å². The van der Waals surface area contributed by atoms with Crippen LogP contribution in [-0.2, 0) is 0 Å². The third-order valence-corrected chi connectivity index (χ3v) is 4.24. The molecule has 0 unspecified atom stereocenters. The molecule has 3 N–H and O–H groups in total. The largest absolute Gasteiger partial charge is 0.493 e. The molecule has 0 aromatic heterocycles. The van der Waals surface area contributed by atoms with Crippen molar-refractivity contribution in [2.24, 2.45) is 5.73 Å². The second-order valence-electron chi connectivity index (χ2n) is 4.90. The van der Waals surface area contributed by atoms with Crippen LogP contribution in [0.25, 0.3) is 0 Å². The molecule has 4 heteroatoms. The van der Waals surface area contributed by atoms with E-state index < -0.39 is 0 Å². The molecule has 3 nitrogen and oxygen atoms in total. The fourth-order valence-corrected chi connectivity index (χ4v) is 2.86. The number of benzene rings is 2. The molecule has 110 valence electrons. The minimum absolute atomic E-state index is 0.0760. The van der Waals surface area contributed by atoms with Crippen LogP contribution in [0.15, 0.2) is 47.4 Å². The van der Waals surface area contributed by atoms with Crippen LogP contribution in [0.5, 0.6) is 5.75 Å². The van der Waals surface area contributed by atoms with Crippen LogP contribution in [0.1, 0.15) is 16.7 Å². The smallest absolute Gasteiger partial charge is 0.122 e. The molecule has 0 atom stereocenters. The average Bonchev–Trinajstić information content (AvgIpc) is 2.47. The van der Waals surface area contributed by atoms with Gasteiger partial charge in [-0.15, -0.1) is 11.8 Å². The molecule has 0 saturated heterocycles. The first kappa shape index (κ1) is 15.4. The Kier molecular flexibility index (Phi) is 5.28. The van der Waals surface area contributed by atoms with Crippen molar-refractivity contribution in [3.63, 3.8) is 0 Å². The highest BCUT2D eigenvalue weighted by atomic mass is 32.2. The van der Waals surface area contributed by atoms with Gasteiger partial charge in [-0.3, -0.25) is 5.41 Å². The summed E-state index contributed by atoms with van der Waals surface area (Å²) in [4.78, 5) is 1.31. The van der Waals surface area contributed by atoms with E-state index in [0.717, 1.165) is 11.5 Å². The van der Waals surface area contributed by atoms with Crippen molar-refractivity contribution in [1.29, 1.82) is 5.41 Å². The second kappa shape index (κ2) is 7.18. The molecular formula is C17H20N2OS. The number of nitrogen functional groups attached to an aromatic ring is 1. The number of amidine groups is 1. The molecule has 0 radical (unpaired) electrons. The van der Waals surface area contributed by atoms with Gasteiger partial charge in [0.15, 0.2) is 0 Å². The molecule has 0 fully saturated rings. The zero-order chi connectivity index (χ0) is 15.2. The lowest BCUT2D eigenvalue weighted by molar-refractivity contribution is 0.344. The average molecular weight is 300 g/mol. The van der Waals surface area contributed by atoms with E-state index >= 15 is 0 Å². The maximum Gasteiger partial charge on any atom is 0.122 e. The summed E-state index contributed by atoms with van der Waals surface area (Å²) >= 11 is 1.81. The van der Waals surface area contributed by atoms with Gasteiger partial charge >= 0.3 is 0 Å². The van der Waals surface area contributed by atoms with Crippen molar-refractivity contribution in [1.82, 2.24) is 0 Å². The number of aryl methyl sites for hydroxylation is 2. The fourth-order valence-electron chi connectivity index (χ4n) is 1.90. The number of nitrogens with two attached hydrogens (primary N) is 1. The quantitative estimate of drug-likeness (QED) is 0.369. The van der Waals surface area contributed by atoms with E-state index in [9.17, 15) is 0 Å². The molecule has 21 heavy (non-hydrogen) atoms. The molecular weight excluding hydrogens is 280 g/mol. The minimum atomic E-state index is 0.0760. The molecule has 0 aliphatic carbocycles. The number of nitrogens with one attached hydrogen (secondary N) is 1. The predicted octanol–water partition coefficient (Wildman–Crippen LogP) is 3.76. The lowest BCUT2D eigenvalue weighted by Crippen LogP contribution is -2.10. The first-order valence-corrected chi connectivity index (χ1v) is 7.82. The van der Waals surface area contributed by atoms with Crippen molar-refractivity contribution in [2.75, 3.05) is 12.4 Å². The SMILES string of the molecule is Cc1ccc(C)c(SCCOc2ccc(C(=N)N)cc2)c1. The zero-order valence-electron chi connectivity index (χ0n) is 12.3. The van der Waals surface area contributed by atoms with E-state index in [1.807, 2.05) is 23.9 Å². The number of ether oxygens (including phenoxy) is 1. The molecule has 0 heterocycles. The molecule has 0 spiro atoms. The highest BCUT2D eigenvalue weighted by Gasteiger charge is 2.01. The fraction of sp³-hybridized carbons (Fsp3) is 0.235. The Labute approximate surface area is 130 Å². The number of thioether (sulfide) groups is 1. The molecule has 0 aliphatic rings. The van der Waals surface area contributed by atoms with Gasteiger partial charge in [-0.25, -0.2) is 0 Å². The van der Waals surface area contributed by atoms with Gasteiger partial charge in [0.2, 0.25) is 0 Å². The molecule has 2 rings (SSSR count). The Hall–Kier alpha value is -1.94. The molecule has 0 saturated carbocycles. The van der Waals surface area contributed by atoms with Crippen LogP contribution in [0.3, 0.4) is 0 Å². The summed E-state index contributed by atoms with van der Waals surface area (Å²) in [6.45, 7) is 4.89. The normalized spacial score (nSPS) is 10.4. The first-order chi connectivity index (χ1) is 10.1. The lowest BCUT2D eigenvalue weighted by atomic mass is 10.2. The van der Waals surface area contributed by atoms with E-state index in [0.29, 0.717) is 12.2 Å². The van der Waals surface area contributed by atoms with Crippen LogP contribution in [0, 0.1) is 19.3 Å². The predicted molar refractivity (Wildman–Crippen MR) is 89.6 cm³/mol. The minimum Gasteiger partial charge on any atom is -0.493 e. The van der Waals surface area contributed by atoms with Crippen LogP contribution >= 0.6 is 11.8 Å². The summed E-state index contributed by atoms with van der Waals surface area (Å²) in [5.41, 5.74) is 8.71. The Morgan fingerprint density at radius 1 is 1.14 bits per heavy atom. The van der Waals surface area contributed by atoms with Gasteiger partial charge in [-0.05, 0) is 49.7 Å². The van der Waals surface area contributed by atoms with Gasteiger partial charge in [-0.2, -0.15) is 0 Å². The molecule has 0 bridgehead atoms. The zero-order valence-corrected chi connectivity index (χ0v) is 13.2. The summed E-state index contributed by atoms with van der Waals surface area (Å²) in [7, 11) is 0. The standard InChI is InChI=1S/C17H20N2OS/c1-12-3-4-13(2)16(11-12)21-10-9-20-15-7-5-14(6-8-15)17(18)19/h3-8,11H,9-10H2,1-2H3,(H3,18,19). The summed E-state index contributed by atoms with van der Waals surface area (Å²) in [5.74, 6) is 1.78. The molecule has 0 amide bonds. The van der Waals surface area contributed by atoms with Gasteiger partial charge in [0, 0.05) is 16.2 Å². The summed E-state index contributed by atoms with van der Waals surface area (Å²) in [6, 6.07) is 13.8.